The third kappa shape index (κ3) is 4.16. The van der Waals surface area contributed by atoms with Gasteiger partial charge in [-0.2, -0.15) is 0 Å². The highest BCUT2D eigenvalue weighted by Gasteiger charge is 2.30. The van der Waals surface area contributed by atoms with Gasteiger partial charge in [-0.3, -0.25) is 14.6 Å². The fraction of sp³-hybridized carbons (Fsp3) is 0.381. The molecule has 0 N–H and O–H groups in total. The monoisotopic (exact) mass is 323 g/mol. The Kier molecular flexibility index (Phi) is 5.02. The molecule has 2 aromatic rings. The number of carbonyl (C=O) groups excluding carboxylic acids is 2. The van der Waals surface area contributed by atoms with Crippen molar-refractivity contribution >= 4 is 11.6 Å². The minimum atomic E-state index is -0.586. The van der Waals surface area contributed by atoms with E-state index in [-0.39, 0.29) is 11.6 Å². The van der Waals surface area contributed by atoms with E-state index >= 15 is 0 Å². The summed E-state index contributed by atoms with van der Waals surface area (Å²) >= 11 is 0. The summed E-state index contributed by atoms with van der Waals surface area (Å²) < 4.78 is 0. The van der Waals surface area contributed by atoms with E-state index in [9.17, 15) is 9.59 Å². The molecular formula is C21H25NO2. The zero-order valence-electron chi connectivity index (χ0n) is 15.1. The Hall–Kier alpha value is -2.29. The summed E-state index contributed by atoms with van der Waals surface area (Å²) in [6, 6.07) is 12.9. The first-order valence-corrected chi connectivity index (χ1v) is 8.21. The number of ketones is 2. The fourth-order valence-corrected chi connectivity index (χ4v) is 2.69. The first kappa shape index (κ1) is 18.1. The minimum Gasteiger partial charge on any atom is -0.294 e. The highest BCUT2D eigenvalue weighted by Crippen LogP contribution is 2.28. The second-order valence-electron chi connectivity index (χ2n) is 7.88. The maximum absolute atomic E-state index is 12.7. The molecule has 3 heteroatoms. The highest BCUT2D eigenvalue weighted by atomic mass is 16.1. The number of benzene rings is 1. The van der Waals surface area contributed by atoms with E-state index < -0.39 is 10.8 Å². The van der Waals surface area contributed by atoms with Gasteiger partial charge in [0.1, 0.15) is 5.69 Å². The van der Waals surface area contributed by atoms with Crippen molar-refractivity contribution in [2.75, 3.05) is 0 Å². The molecular weight excluding hydrogens is 298 g/mol. The summed E-state index contributed by atoms with van der Waals surface area (Å²) in [5.41, 5.74) is 1.15. The number of hydrogen-bond acceptors (Lipinski definition) is 3. The van der Waals surface area contributed by atoms with Crippen LogP contribution in [0.5, 0.6) is 0 Å². The van der Waals surface area contributed by atoms with Crippen LogP contribution >= 0.6 is 0 Å². The van der Waals surface area contributed by atoms with Crippen molar-refractivity contribution in [2.24, 2.45) is 10.8 Å². The normalized spacial score (nSPS) is 12.0. The minimum absolute atomic E-state index is 0.00986. The molecule has 1 aromatic heterocycles. The molecule has 24 heavy (non-hydrogen) atoms. The van der Waals surface area contributed by atoms with Crippen LogP contribution in [0, 0.1) is 10.8 Å². The van der Waals surface area contributed by atoms with Crippen molar-refractivity contribution in [1.29, 1.82) is 0 Å². The summed E-state index contributed by atoms with van der Waals surface area (Å²) in [6.07, 6.45) is 2.19. The molecule has 0 spiro atoms. The Balaban J connectivity index is 2.24. The average molecular weight is 323 g/mol. The molecule has 0 bridgehead atoms. The Morgan fingerprint density at radius 1 is 0.917 bits per heavy atom. The second kappa shape index (κ2) is 6.68. The van der Waals surface area contributed by atoms with Gasteiger partial charge in [-0.05, 0) is 30.2 Å². The Bertz CT molecular complexity index is 740. The van der Waals surface area contributed by atoms with Gasteiger partial charge in [0.05, 0.1) is 0 Å². The maximum Gasteiger partial charge on any atom is 0.187 e. The number of pyridine rings is 1. The molecule has 126 valence electrons. The molecule has 0 saturated heterocycles. The predicted molar refractivity (Wildman–Crippen MR) is 96.3 cm³/mol. The van der Waals surface area contributed by atoms with Crippen LogP contribution in [0.3, 0.4) is 0 Å². The van der Waals surface area contributed by atoms with Gasteiger partial charge in [-0.25, -0.2) is 0 Å². The molecule has 0 aliphatic carbocycles. The van der Waals surface area contributed by atoms with Gasteiger partial charge in [-0.15, -0.1) is 0 Å². The summed E-state index contributed by atoms with van der Waals surface area (Å²) in [6.45, 7) is 9.58. The van der Waals surface area contributed by atoms with Crippen LogP contribution in [0.2, 0.25) is 0 Å². The Morgan fingerprint density at radius 3 is 2.21 bits per heavy atom. The SMILES string of the molecule is CC(C)(C)C(=O)c1cccc(CC(C)(C)C(=O)c2ccccn2)c1. The number of aromatic nitrogens is 1. The van der Waals surface area contributed by atoms with Crippen LogP contribution in [0.4, 0.5) is 0 Å². The van der Waals surface area contributed by atoms with Gasteiger partial charge in [0.15, 0.2) is 11.6 Å². The third-order valence-corrected chi connectivity index (χ3v) is 4.03. The molecule has 0 amide bonds. The van der Waals surface area contributed by atoms with E-state index in [1.165, 1.54) is 0 Å². The van der Waals surface area contributed by atoms with E-state index in [1.807, 2.05) is 65.0 Å². The molecule has 0 radical (unpaired) electrons. The van der Waals surface area contributed by atoms with Crippen LogP contribution in [0.25, 0.3) is 0 Å². The highest BCUT2D eigenvalue weighted by molar-refractivity contribution is 6.00. The first-order valence-electron chi connectivity index (χ1n) is 8.21. The van der Waals surface area contributed by atoms with E-state index in [2.05, 4.69) is 4.98 Å². The Morgan fingerprint density at radius 2 is 1.62 bits per heavy atom. The van der Waals surface area contributed by atoms with E-state index in [4.69, 9.17) is 0 Å². The van der Waals surface area contributed by atoms with Crippen LogP contribution in [0.1, 0.15) is 61.0 Å². The molecule has 0 fully saturated rings. The average Bonchev–Trinajstić information content (AvgIpc) is 2.53. The third-order valence-electron chi connectivity index (χ3n) is 4.03. The lowest BCUT2D eigenvalue weighted by Crippen LogP contribution is -2.28. The molecule has 3 nitrogen and oxygen atoms in total. The molecule has 0 atom stereocenters. The quantitative estimate of drug-likeness (QED) is 0.745. The van der Waals surface area contributed by atoms with E-state index in [1.54, 1.807) is 18.3 Å². The zero-order chi connectivity index (χ0) is 18.0. The number of rotatable bonds is 5. The van der Waals surface area contributed by atoms with Gasteiger partial charge in [0.2, 0.25) is 0 Å². The number of hydrogen-bond donors (Lipinski definition) is 0. The fourth-order valence-electron chi connectivity index (χ4n) is 2.69. The second-order valence-corrected chi connectivity index (χ2v) is 7.88. The van der Waals surface area contributed by atoms with E-state index in [0.717, 1.165) is 5.56 Å². The van der Waals surface area contributed by atoms with Gasteiger partial charge in [0.25, 0.3) is 0 Å². The molecule has 0 aliphatic heterocycles. The van der Waals surface area contributed by atoms with Gasteiger partial charge in [0, 0.05) is 22.6 Å². The smallest absolute Gasteiger partial charge is 0.187 e. The number of nitrogens with zero attached hydrogens (tertiary/aromatic N) is 1. The summed E-state index contributed by atoms with van der Waals surface area (Å²) in [7, 11) is 0. The summed E-state index contributed by atoms with van der Waals surface area (Å²) in [4.78, 5) is 29.3. The molecule has 1 aromatic carbocycles. The molecule has 2 rings (SSSR count). The summed E-state index contributed by atoms with van der Waals surface area (Å²) in [5, 5.41) is 0. The van der Waals surface area contributed by atoms with Gasteiger partial charge >= 0.3 is 0 Å². The molecule has 0 aliphatic rings. The number of carbonyl (C=O) groups is 2. The van der Waals surface area contributed by atoms with Crippen LogP contribution < -0.4 is 0 Å². The lowest BCUT2D eigenvalue weighted by molar-refractivity contribution is 0.0832. The topological polar surface area (TPSA) is 47.0 Å². The van der Waals surface area contributed by atoms with Crippen molar-refractivity contribution in [2.45, 2.75) is 41.0 Å². The van der Waals surface area contributed by atoms with Crippen molar-refractivity contribution in [3.63, 3.8) is 0 Å². The molecule has 1 heterocycles. The lowest BCUT2D eigenvalue weighted by atomic mass is 9.79. The van der Waals surface area contributed by atoms with Crippen molar-refractivity contribution < 1.29 is 9.59 Å². The zero-order valence-corrected chi connectivity index (χ0v) is 15.1. The number of Topliss-reactive ketones (excluding diaryl/α,β-unsaturated/α-hetero) is 2. The van der Waals surface area contributed by atoms with Crippen molar-refractivity contribution in [3.8, 4) is 0 Å². The molecule has 0 unspecified atom stereocenters. The largest absolute Gasteiger partial charge is 0.294 e. The first-order chi connectivity index (χ1) is 11.1. The van der Waals surface area contributed by atoms with Crippen molar-refractivity contribution in [3.05, 3.63) is 65.5 Å². The van der Waals surface area contributed by atoms with Crippen LogP contribution in [0.15, 0.2) is 48.7 Å². The summed E-state index contributed by atoms with van der Waals surface area (Å²) in [5.74, 6) is 0.119. The Labute approximate surface area is 144 Å². The van der Waals surface area contributed by atoms with Gasteiger partial charge in [-0.1, -0.05) is 58.9 Å². The van der Waals surface area contributed by atoms with Gasteiger partial charge < -0.3 is 0 Å². The molecule has 0 saturated carbocycles. The predicted octanol–water partition coefficient (Wildman–Crippen LogP) is 4.76. The maximum atomic E-state index is 12.7. The van der Waals surface area contributed by atoms with E-state index in [0.29, 0.717) is 17.7 Å². The lowest BCUT2D eigenvalue weighted by Gasteiger charge is -2.23. The van der Waals surface area contributed by atoms with Crippen LogP contribution in [-0.2, 0) is 6.42 Å². The standard InChI is InChI=1S/C21H25NO2/c1-20(2,3)18(23)16-10-8-9-15(13-16)14-21(4,5)19(24)17-11-6-7-12-22-17/h6-13H,14H2,1-5H3. The van der Waals surface area contributed by atoms with Crippen LogP contribution in [-0.4, -0.2) is 16.6 Å². The van der Waals surface area contributed by atoms with Crippen molar-refractivity contribution in [1.82, 2.24) is 4.98 Å².